The van der Waals surface area contributed by atoms with E-state index in [0.717, 1.165) is 6.07 Å². The van der Waals surface area contributed by atoms with Crippen molar-refractivity contribution >= 4 is 0 Å². The van der Waals surface area contributed by atoms with Crippen LogP contribution in [0.3, 0.4) is 0 Å². The number of aromatic hydroxyl groups is 1. The fourth-order valence-electron chi connectivity index (χ4n) is 1.35. The van der Waals surface area contributed by atoms with Gasteiger partial charge in [-0.25, -0.2) is 4.39 Å². The first-order valence-electron chi connectivity index (χ1n) is 5.05. The van der Waals surface area contributed by atoms with Gasteiger partial charge >= 0.3 is 0 Å². The normalized spacial score (nSPS) is 14.8. The molecule has 1 aromatic carbocycles. The summed E-state index contributed by atoms with van der Waals surface area (Å²) in [6.45, 7) is 1.58. The summed E-state index contributed by atoms with van der Waals surface area (Å²) in [7, 11) is 0. The van der Waals surface area contributed by atoms with Crippen molar-refractivity contribution in [1.82, 2.24) is 5.32 Å². The van der Waals surface area contributed by atoms with Crippen LogP contribution < -0.4 is 5.32 Å². The summed E-state index contributed by atoms with van der Waals surface area (Å²) in [5.41, 5.74) is 0.405. The summed E-state index contributed by atoms with van der Waals surface area (Å²) < 4.78 is 13.4. The minimum absolute atomic E-state index is 0.121. The lowest BCUT2D eigenvalue weighted by Crippen LogP contribution is -2.31. The topological polar surface area (TPSA) is 72.7 Å². The van der Waals surface area contributed by atoms with E-state index in [-0.39, 0.29) is 24.9 Å². The van der Waals surface area contributed by atoms with E-state index < -0.39 is 11.9 Å². The zero-order valence-corrected chi connectivity index (χ0v) is 9.02. The van der Waals surface area contributed by atoms with E-state index in [1.165, 1.54) is 12.1 Å². The third kappa shape index (κ3) is 3.44. The summed E-state index contributed by atoms with van der Waals surface area (Å²) in [5.74, 6) is -0.623. The van der Waals surface area contributed by atoms with Gasteiger partial charge in [0, 0.05) is 24.2 Å². The molecule has 1 rings (SSSR count). The predicted molar refractivity (Wildman–Crippen MR) is 57.6 cm³/mol. The number of rotatable bonds is 5. The summed E-state index contributed by atoms with van der Waals surface area (Å²) >= 11 is 0. The van der Waals surface area contributed by atoms with E-state index in [9.17, 15) is 4.39 Å². The first-order chi connectivity index (χ1) is 7.54. The van der Waals surface area contributed by atoms with Gasteiger partial charge in [-0.05, 0) is 13.0 Å². The van der Waals surface area contributed by atoms with Gasteiger partial charge < -0.3 is 20.6 Å². The number of phenols is 1. The van der Waals surface area contributed by atoms with Crippen LogP contribution in [-0.2, 0) is 0 Å². The maximum atomic E-state index is 13.4. The van der Waals surface area contributed by atoms with Crippen molar-refractivity contribution in [2.45, 2.75) is 19.1 Å². The molecule has 0 heterocycles. The van der Waals surface area contributed by atoms with Crippen molar-refractivity contribution in [3.05, 3.63) is 29.6 Å². The van der Waals surface area contributed by atoms with Crippen LogP contribution in [0.4, 0.5) is 4.39 Å². The number of hydrogen-bond donors (Lipinski definition) is 4. The van der Waals surface area contributed by atoms with Gasteiger partial charge in [0.1, 0.15) is 11.6 Å². The van der Waals surface area contributed by atoms with Gasteiger partial charge in [0.2, 0.25) is 0 Å². The molecule has 90 valence electrons. The summed E-state index contributed by atoms with van der Waals surface area (Å²) in [6, 6.07) is 3.62. The van der Waals surface area contributed by atoms with E-state index in [1.807, 2.05) is 0 Å². The molecule has 2 atom stereocenters. The second kappa shape index (κ2) is 5.79. The molecule has 0 saturated carbocycles. The quantitative estimate of drug-likeness (QED) is 0.594. The molecule has 16 heavy (non-hydrogen) atoms. The lowest BCUT2D eigenvalue weighted by atomic mass is 10.1. The lowest BCUT2D eigenvalue weighted by Gasteiger charge is -2.17. The van der Waals surface area contributed by atoms with Crippen molar-refractivity contribution < 1.29 is 19.7 Å². The molecule has 4 N–H and O–H groups in total. The molecule has 0 fully saturated rings. The molecule has 0 bridgehead atoms. The van der Waals surface area contributed by atoms with Crippen LogP contribution in [0, 0.1) is 5.82 Å². The number of halogens is 1. The van der Waals surface area contributed by atoms with E-state index in [0.29, 0.717) is 5.56 Å². The SMILES string of the molecule is CC(NCC(O)CO)c1ccc(O)cc1F. The molecule has 4 nitrogen and oxygen atoms in total. The van der Waals surface area contributed by atoms with Crippen LogP contribution in [0.5, 0.6) is 5.75 Å². The lowest BCUT2D eigenvalue weighted by molar-refractivity contribution is 0.0923. The molecule has 1 aromatic rings. The third-order valence-electron chi connectivity index (χ3n) is 2.32. The molecule has 5 heteroatoms. The molecule has 0 aliphatic carbocycles. The van der Waals surface area contributed by atoms with Gasteiger partial charge in [-0.15, -0.1) is 0 Å². The maximum Gasteiger partial charge on any atom is 0.131 e. The van der Waals surface area contributed by atoms with Crippen LogP contribution in [0.15, 0.2) is 18.2 Å². The summed E-state index contributed by atoms with van der Waals surface area (Å²) in [6.07, 6.45) is -0.859. The Bertz CT molecular complexity index is 346. The summed E-state index contributed by atoms with van der Waals surface area (Å²) in [5, 5.41) is 29.7. The second-order valence-electron chi connectivity index (χ2n) is 3.67. The van der Waals surface area contributed by atoms with E-state index in [1.54, 1.807) is 6.92 Å². The van der Waals surface area contributed by atoms with E-state index >= 15 is 0 Å². The fraction of sp³-hybridized carbons (Fsp3) is 0.455. The number of benzene rings is 1. The van der Waals surface area contributed by atoms with Gasteiger partial charge in [0.25, 0.3) is 0 Å². The van der Waals surface area contributed by atoms with Gasteiger partial charge in [-0.3, -0.25) is 0 Å². The Kier molecular flexibility index (Phi) is 4.67. The first-order valence-corrected chi connectivity index (χ1v) is 5.05. The highest BCUT2D eigenvalue weighted by Gasteiger charge is 2.12. The average Bonchev–Trinajstić information content (AvgIpc) is 2.25. The van der Waals surface area contributed by atoms with Gasteiger partial charge in [0.05, 0.1) is 12.7 Å². The molecule has 0 radical (unpaired) electrons. The molecule has 0 saturated heterocycles. The molecular weight excluding hydrogens is 213 g/mol. The Morgan fingerprint density at radius 2 is 2.12 bits per heavy atom. The Hall–Kier alpha value is -1.17. The molecule has 0 aromatic heterocycles. The molecule has 0 amide bonds. The highest BCUT2D eigenvalue weighted by atomic mass is 19.1. The standard InChI is InChI=1S/C11H16FNO3/c1-7(13-5-9(16)6-14)10-3-2-8(15)4-11(10)12/h2-4,7,9,13-16H,5-6H2,1H3. The maximum absolute atomic E-state index is 13.4. The molecule has 0 aliphatic rings. The Morgan fingerprint density at radius 3 is 2.69 bits per heavy atom. The molecule has 0 spiro atoms. The number of aliphatic hydroxyl groups excluding tert-OH is 2. The first kappa shape index (κ1) is 12.9. The zero-order chi connectivity index (χ0) is 12.1. The van der Waals surface area contributed by atoms with E-state index in [4.69, 9.17) is 15.3 Å². The Morgan fingerprint density at radius 1 is 1.44 bits per heavy atom. The van der Waals surface area contributed by atoms with Crippen LogP contribution in [0.2, 0.25) is 0 Å². The van der Waals surface area contributed by atoms with Crippen LogP contribution in [-0.4, -0.2) is 34.6 Å². The predicted octanol–water partition coefficient (Wildman–Crippen LogP) is 0.535. The number of hydrogen-bond acceptors (Lipinski definition) is 4. The van der Waals surface area contributed by atoms with Crippen molar-refractivity contribution in [2.24, 2.45) is 0 Å². The van der Waals surface area contributed by atoms with Gasteiger partial charge in [-0.2, -0.15) is 0 Å². The second-order valence-corrected chi connectivity index (χ2v) is 3.67. The van der Waals surface area contributed by atoms with Gasteiger partial charge in [-0.1, -0.05) is 6.07 Å². The highest BCUT2D eigenvalue weighted by Crippen LogP contribution is 2.20. The monoisotopic (exact) mass is 229 g/mol. The smallest absolute Gasteiger partial charge is 0.131 e. The minimum atomic E-state index is -0.859. The number of nitrogens with one attached hydrogen (secondary N) is 1. The Labute approximate surface area is 93.4 Å². The molecular formula is C11H16FNO3. The largest absolute Gasteiger partial charge is 0.508 e. The third-order valence-corrected chi connectivity index (χ3v) is 2.32. The van der Waals surface area contributed by atoms with Crippen molar-refractivity contribution in [1.29, 1.82) is 0 Å². The Balaban J connectivity index is 2.62. The van der Waals surface area contributed by atoms with Crippen LogP contribution in [0.1, 0.15) is 18.5 Å². The van der Waals surface area contributed by atoms with E-state index in [2.05, 4.69) is 5.32 Å². The number of phenolic OH excluding ortho intramolecular Hbond substituents is 1. The van der Waals surface area contributed by atoms with Gasteiger partial charge in [0.15, 0.2) is 0 Å². The minimum Gasteiger partial charge on any atom is -0.508 e. The average molecular weight is 229 g/mol. The molecule has 2 unspecified atom stereocenters. The molecule has 0 aliphatic heterocycles. The van der Waals surface area contributed by atoms with Crippen molar-refractivity contribution in [2.75, 3.05) is 13.2 Å². The zero-order valence-electron chi connectivity index (χ0n) is 9.02. The summed E-state index contributed by atoms with van der Waals surface area (Å²) in [4.78, 5) is 0. The number of aliphatic hydroxyl groups is 2. The van der Waals surface area contributed by atoms with Crippen molar-refractivity contribution in [3.8, 4) is 5.75 Å². The van der Waals surface area contributed by atoms with Crippen LogP contribution >= 0.6 is 0 Å². The van der Waals surface area contributed by atoms with Crippen molar-refractivity contribution in [3.63, 3.8) is 0 Å². The van der Waals surface area contributed by atoms with Crippen LogP contribution in [0.25, 0.3) is 0 Å². The highest BCUT2D eigenvalue weighted by molar-refractivity contribution is 5.29. The fourth-order valence-corrected chi connectivity index (χ4v) is 1.35.